The lowest BCUT2D eigenvalue weighted by Gasteiger charge is -2.27. The fraction of sp³-hybridized carbons (Fsp3) is 0.519. The highest BCUT2D eigenvalue weighted by Crippen LogP contribution is 2.23. The van der Waals surface area contributed by atoms with Gasteiger partial charge in [-0.1, -0.05) is 36.4 Å². The quantitative estimate of drug-likeness (QED) is 0.379. The number of benzene rings is 2. The maximum atomic E-state index is 12.3. The molecule has 2 aromatic carbocycles. The summed E-state index contributed by atoms with van der Waals surface area (Å²) in [4.78, 5) is 2.46. The molecule has 0 radical (unpaired) electrons. The van der Waals surface area contributed by atoms with Gasteiger partial charge in [-0.05, 0) is 56.5 Å². The second kappa shape index (κ2) is 14.3. The number of hydrogen-bond acceptors (Lipinski definition) is 10. The molecule has 2 aliphatic heterocycles. The average molecular weight is 580 g/mol. The third kappa shape index (κ3) is 8.81. The van der Waals surface area contributed by atoms with E-state index < -0.39 is 37.9 Å². The molecule has 4 rings (SSSR count). The zero-order valence-corrected chi connectivity index (χ0v) is 23.4. The minimum absolute atomic E-state index is 0.170. The van der Waals surface area contributed by atoms with Crippen molar-refractivity contribution in [2.24, 2.45) is 0 Å². The maximum absolute atomic E-state index is 12.3. The fourth-order valence-electron chi connectivity index (χ4n) is 5.05. The lowest BCUT2D eigenvalue weighted by molar-refractivity contribution is -0.127. The Bertz CT molecular complexity index is 1290. The van der Waals surface area contributed by atoms with Gasteiger partial charge >= 0.3 is 0 Å². The van der Waals surface area contributed by atoms with E-state index in [1.807, 2.05) is 4.90 Å². The number of hydrogen-bond donors (Lipinski definition) is 3. The molecule has 2 aliphatic rings. The predicted octanol–water partition coefficient (Wildman–Crippen LogP) is 1.87. The molecule has 0 bridgehead atoms. The summed E-state index contributed by atoms with van der Waals surface area (Å²) < 4.78 is 48.7. The maximum Gasteiger partial charge on any atom is 0.180 e. The van der Waals surface area contributed by atoms with E-state index in [-0.39, 0.29) is 27.3 Å². The lowest BCUT2D eigenvalue weighted by atomic mass is 10.1. The minimum Gasteiger partial charge on any atom is -0.390 e. The van der Waals surface area contributed by atoms with Crippen LogP contribution in [-0.2, 0) is 19.7 Å². The van der Waals surface area contributed by atoms with Crippen molar-refractivity contribution in [2.45, 2.75) is 66.2 Å². The van der Waals surface area contributed by atoms with Gasteiger partial charge in [0.2, 0.25) is 0 Å². The van der Waals surface area contributed by atoms with Gasteiger partial charge < -0.3 is 15.4 Å². The van der Waals surface area contributed by atoms with Crippen molar-refractivity contribution in [3.05, 3.63) is 60.7 Å². The molecule has 0 aromatic heterocycles. The van der Waals surface area contributed by atoms with Gasteiger partial charge in [-0.2, -0.15) is 10.3 Å². The molecule has 2 aromatic rings. The second-order valence-corrected chi connectivity index (χ2v) is 13.9. The van der Waals surface area contributed by atoms with Crippen LogP contribution in [0.4, 0.5) is 0 Å². The van der Waals surface area contributed by atoms with Crippen LogP contribution in [0.5, 0.6) is 0 Å². The molecular weight excluding hydrogens is 542 g/mol. The van der Waals surface area contributed by atoms with E-state index in [4.69, 9.17) is 5.26 Å². The van der Waals surface area contributed by atoms with Crippen LogP contribution in [0, 0.1) is 11.3 Å². The average Bonchev–Trinajstić information content (AvgIpc) is 3.57. The first-order valence-electron chi connectivity index (χ1n) is 13.0. The number of nitrogens with zero attached hydrogens (tertiary/aromatic N) is 3. The normalized spacial score (nSPS) is 22.0. The number of rotatable bonds is 10. The van der Waals surface area contributed by atoms with Gasteiger partial charge in [-0.15, -0.1) is 0 Å². The Morgan fingerprint density at radius 1 is 0.795 bits per heavy atom. The molecule has 0 amide bonds. The van der Waals surface area contributed by atoms with E-state index in [0.29, 0.717) is 25.9 Å². The molecule has 0 unspecified atom stereocenters. The number of nitriles is 1. The largest absolute Gasteiger partial charge is 0.390 e. The number of aliphatic hydroxyl groups excluding tert-OH is 2. The van der Waals surface area contributed by atoms with Crippen LogP contribution >= 0.6 is 0 Å². The molecule has 2 heterocycles. The van der Waals surface area contributed by atoms with Gasteiger partial charge in [0.15, 0.2) is 19.7 Å². The van der Waals surface area contributed by atoms with Crippen molar-refractivity contribution in [1.29, 1.82) is 5.26 Å². The molecule has 12 heteroatoms. The topological polar surface area (TPSA) is 159 Å². The van der Waals surface area contributed by atoms with E-state index >= 15 is 0 Å². The summed E-state index contributed by atoms with van der Waals surface area (Å²) in [7, 11) is -6.99. The second-order valence-electron chi connectivity index (χ2n) is 9.85. The molecule has 0 saturated carbocycles. The molecule has 10 nitrogen and oxygen atoms in total. The smallest absolute Gasteiger partial charge is 0.180 e. The summed E-state index contributed by atoms with van der Waals surface area (Å²) >= 11 is 0. The molecule has 4 atom stereocenters. The summed E-state index contributed by atoms with van der Waals surface area (Å²) in [5, 5.41) is 39.4. The molecular formula is C27H37N3O7S2. The van der Waals surface area contributed by atoms with Crippen molar-refractivity contribution in [1.82, 2.24) is 9.96 Å². The summed E-state index contributed by atoms with van der Waals surface area (Å²) in [5.41, 5.74) is 0. The van der Waals surface area contributed by atoms with Crippen molar-refractivity contribution >= 4 is 19.7 Å². The summed E-state index contributed by atoms with van der Waals surface area (Å²) in [6.45, 7) is 1.88. The van der Waals surface area contributed by atoms with E-state index in [2.05, 4.69) is 6.07 Å². The molecule has 39 heavy (non-hydrogen) atoms. The highest BCUT2D eigenvalue weighted by atomic mass is 32.2. The predicted molar refractivity (Wildman–Crippen MR) is 145 cm³/mol. The van der Waals surface area contributed by atoms with E-state index in [9.17, 15) is 32.3 Å². The van der Waals surface area contributed by atoms with Crippen molar-refractivity contribution in [2.75, 3.05) is 31.1 Å². The lowest BCUT2D eigenvalue weighted by Crippen LogP contribution is -2.42. The van der Waals surface area contributed by atoms with E-state index in [1.54, 1.807) is 48.5 Å². The van der Waals surface area contributed by atoms with Crippen LogP contribution in [0.25, 0.3) is 0 Å². The summed E-state index contributed by atoms with van der Waals surface area (Å²) in [5.74, 6) is -0.635. The van der Waals surface area contributed by atoms with Gasteiger partial charge in [-0.3, -0.25) is 4.90 Å². The highest BCUT2D eigenvalue weighted by molar-refractivity contribution is 7.91. The van der Waals surface area contributed by atoms with Gasteiger partial charge in [0, 0.05) is 25.6 Å². The number of sulfone groups is 2. The number of hydroxylamine groups is 2. The van der Waals surface area contributed by atoms with Crippen LogP contribution in [0.15, 0.2) is 70.5 Å². The Morgan fingerprint density at radius 2 is 1.26 bits per heavy atom. The Morgan fingerprint density at radius 3 is 1.72 bits per heavy atom. The fourth-order valence-corrected chi connectivity index (χ4v) is 7.92. The zero-order valence-electron chi connectivity index (χ0n) is 21.8. The first-order valence-corrected chi connectivity index (χ1v) is 16.3. The Kier molecular flexibility index (Phi) is 11.4. The first-order chi connectivity index (χ1) is 18.5. The van der Waals surface area contributed by atoms with Crippen molar-refractivity contribution < 1.29 is 32.3 Å². The minimum atomic E-state index is -3.51. The molecule has 0 aliphatic carbocycles. The van der Waals surface area contributed by atoms with Crippen molar-refractivity contribution in [3.8, 4) is 6.07 Å². The van der Waals surface area contributed by atoms with E-state index in [0.717, 1.165) is 30.9 Å². The molecule has 3 N–H and O–H groups in total. The standard InChI is InChI=1S/C15H20N2O3S.C12H17NO4S/c16-9-5-11-17-10-4-8-14(17)15(18)12-21(19,20)13-6-2-1-3-7-13;14-12(11-7-4-8-13(11)15)9-18(16,17)10-5-2-1-3-6-10/h1-3,6-7,14-15,18H,4-5,8,10-12H2;1-3,5-6,11-12,14-15H,4,7-9H2/t14-,15+;11-,12+/m00/s1. The number of likely N-dealkylation sites (tertiary alicyclic amines) is 1. The van der Waals surface area contributed by atoms with Crippen LogP contribution < -0.4 is 0 Å². The zero-order chi connectivity index (χ0) is 28.5. The van der Waals surface area contributed by atoms with E-state index in [1.165, 1.54) is 12.1 Å². The Labute approximate surface area is 230 Å². The van der Waals surface area contributed by atoms with Gasteiger partial charge in [0.1, 0.15) is 0 Å². The van der Waals surface area contributed by atoms with Gasteiger partial charge in [0.05, 0.1) is 45.6 Å². The van der Waals surface area contributed by atoms with Gasteiger partial charge in [0.25, 0.3) is 0 Å². The van der Waals surface area contributed by atoms with Crippen LogP contribution in [0.2, 0.25) is 0 Å². The number of aliphatic hydroxyl groups is 2. The van der Waals surface area contributed by atoms with Crippen LogP contribution in [0.1, 0.15) is 32.1 Å². The molecule has 2 fully saturated rings. The summed E-state index contributed by atoms with van der Waals surface area (Å²) in [6.07, 6.45) is 1.49. The Hall–Kier alpha value is -2.37. The molecule has 214 valence electrons. The first kappa shape index (κ1) is 31.2. The highest BCUT2D eigenvalue weighted by Gasteiger charge is 2.34. The third-order valence-electron chi connectivity index (χ3n) is 7.07. The summed E-state index contributed by atoms with van der Waals surface area (Å²) in [6, 6.07) is 17.7. The van der Waals surface area contributed by atoms with Crippen LogP contribution in [0.3, 0.4) is 0 Å². The third-order valence-corrected chi connectivity index (χ3v) is 10.6. The molecule has 2 saturated heterocycles. The van der Waals surface area contributed by atoms with Crippen LogP contribution in [-0.4, -0.2) is 97.7 Å². The monoisotopic (exact) mass is 579 g/mol. The SMILES string of the molecule is N#CCCN1CCC[C@H]1[C@H](O)CS(=O)(=O)c1ccccc1.O=S(=O)(C[C@@H](O)[C@@H]1CCCN1O)c1ccccc1. The van der Waals surface area contributed by atoms with Gasteiger partial charge in [-0.25, -0.2) is 16.8 Å². The van der Waals surface area contributed by atoms with Crippen molar-refractivity contribution in [3.63, 3.8) is 0 Å². The Balaban J connectivity index is 0.000000218. The molecule has 0 spiro atoms.